The number of primary amides is 3. The van der Waals surface area contributed by atoms with E-state index in [1.807, 2.05) is 72.0 Å². The zero-order chi connectivity index (χ0) is 73.0. The first kappa shape index (κ1) is 77.7. The van der Waals surface area contributed by atoms with Crippen LogP contribution < -0.4 is 42.5 Å². The second kappa shape index (κ2) is 34.2. The number of nitrogens with two attached hydrogens (primary N) is 3. The Morgan fingerprint density at radius 2 is 0.802 bits per heavy atom. The van der Waals surface area contributed by atoms with Gasteiger partial charge in [-0.25, -0.2) is 4.79 Å². The number of imide groups is 1. The van der Waals surface area contributed by atoms with E-state index in [2.05, 4.69) is 136 Å². The van der Waals surface area contributed by atoms with Gasteiger partial charge in [0.1, 0.15) is 5.54 Å². The molecule has 6 amide bonds. The molecule has 101 heavy (non-hydrogen) atoms. The van der Waals surface area contributed by atoms with Gasteiger partial charge in [0.05, 0.1) is 79.8 Å². The Labute approximate surface area is 631 Å². The first-order valence-electron chi connectivity index (χ1n) is 33.4. The van der Waals surface area contributed by atoms with Crippen molar-refractivity contribution in [2.75, 3.05) is 74.1 Å². The number of aromatic nitrogens is 8. The third-order valence-electron chi connectivity index (χ3n) is 20.6. The summed E-state index contributed by atoms with van der Waals surface area (Å²) in [6.07, 6.45) is 29.5. The van der Waals surface area contributed by atoms with Gasteiger partial charge in [0.15, 0.2) is 0 Å². The number of amides is 6. The molecule has 0 unspecified atom stereocenters. The smallest absolute Gasteiger partial charge is 0.324 e. The highest BCUT2D eigenvalue weighted by molar-refractivity contribution is 9.11. The van der Waals surface area contributed by atoms with Gasteiger partial charge in [0.2, 0.25) is 17.7 Å². The van der Waals surface area contributed by atoms with Crippen LogP contribution in [0.4, 0.5) is 21.9 Å². The second-order valence-electron chi connectivity index (χ2n) is 25.9. The average molecular weight is 1600 g/mol. The zero-order valence-corrected chi connectivity index (χ0v) is 64.2. The van der Waals surface area contributed by atoms with Gasteiger partial charge in [-0.3, -0.25) is 53.8 Å². The first-order chi connectivity index (χ1) is 48.2. The summed E-state index contributed by atoms with van der Waals surface area (Å²) in [4.78, 5) is 83.9. The lowest BCUT2D eigenvalue weighted by molar-refractivity contribution is -0.130. The van der Waals surface area contributed by atoms with Gasteiger partial charge in [-0.2, -0.15) is 10.2 Å². The molecule has 13 rings (SSSR count). The highest BCUT2D eigenvalue weighted by Gasteiger charge is 2.52. The number of likely N-dealkylation sites (N-methyl/N-ethyl adjacent to an activating group) is 1. The molecule has 2 aromatic carbocycles. The molecule has 0 saturated carbocycles. The zero-order valence-electron chi connectivity index (χ0n) is 57.3. The average Bonchev–Trinajstić information content (AvgIpc) is 1.69. The van der Waals surface area contributed by atoms with E-state index in [0.717, 1.165) is 168 Å². The molecule has 5 aliphatic heterocycles. The van der Waals surface area contributed by atoms with Crippen LogP contribution in [0.1, 0.15) is 91.4 Å². The highest BCUT2D eigenvalue weighted by Crippen LogP contribution is 2.45. The van der Waals surface area contributed by atoms with E-state index in [0.29, 0.717) is 51.0 Å². The van der Waals surface area contributed by atoms with Crippen LogP contribution in [-0.4, -0.2) is 139 Å². The van der Waals surface area contributed by atoms with Gasteiger partial charge in [0, 0.05) is 145 Å². The Morgan fingerprint density at radius 3 is 1.13 bits per heavy atom. The van der Waals surface area contributed by atoms with E-state index < -0.39 is 11.0 Å². The second-order valence-corrected chi connectivity index (χ2v) is 29.6. The molecule has 536 valence electrons. The quantitative estimate of drug-likeness (QED) is 0.0671. The Kier molecular flexibility index (Phi) is 26.4. The molecule has 8 aromatic rings. The lowest BCUT2D eigenvalue weighted by Crippen LogP contribution is -2.55. The number of carbonyl (C=O) groups is 5. The predicted octanol–water partition coefficient (Wildman–Crippen LogP) is 14.0. The molecule has 29 heteroatoms. The number of nitrogens with zero attached hydrogens (tertiary/aromatic N) is 12. The normalized spacial score (nSPS) is 17.2. The number of carbonyl (C=O) groups excluding carboxylic acids is 5. The topological polar surface area (TPSA) is 288 Å². The summed E-state index contributed by atoms with van der Waals surface area (Å²) in [7, 11) is 5.49. The van der Waals surface area contributed by atoms with Crippen molar-refractivity contribution >= 4 is 137 Å². The Bertz CT molecular complexity index is 4190. The van der Waals surface area contributed by atoms with Crippen LogP contribution in [0, 0.1) is 16.2 Å². The maximum Gasteiger partial charge on any atom is 0.324 e. The molecule has 0 radical (unpaired) electrons. The van der Waals surface area contributed by atoms with Crippen molar-refractivity contribution < 1.29 is 24.0 Å². The van der Waals surface area contributed by atoms with E-state index >= 15 is 0 Å². The number of pyridine rings is 4. The molecule has 0 bridgehead atoms. The van der Waals surface area contributed by atoms with E-state index in [1.165, 1.54) is 6.20 Å². The fourth-order valence-electron chi connectivity index (χ4n) is 13.7. The van der Waals surface area contributed by atoms with E-state index in [-0.39, 0.29) is 40.5 Å². The van der Waals surface area contributed by atoms with Gasteiger partial charge in [-0.15, -0.1) is 0 Å². The molecule has 5 saturated heterocycles. The van der Waals surface area contributed by atoms with Crippen molar-refractivity contribution in [1.82, 2.24) is 55.0 Å². The van der Waals surface area contributed by atoms with Crippen LogP contribution >= 0.6 is 89.9 Å². The lowest BCUT2D eigenvalue weighted by Gasteiger charge is -2.42. The largest absolute Gasteiger partial charge is 0.370 e. The van der Waals surface area contributed by atoms with Crippen molar-refractivity contribution in [2.45, 2.75) is 96.9 Å². The number of aryl methyl sites for hydroxylation is 2. The summed E-state index contributed by atoms with van der Waals surface area (Å²) >= 11 is 37.3. The Hall–Kier alpha value is -7.42. The number of hydrogen-bond acceptors (Lipinski definition) is 15. The third-order valence-corrected chi connectivity index (χ3v) is 23.6. The number of nitrogens with one attached hydrogen (secondary N) is 2. The lowest BCUT2D eigenvalue weighted by atomic mass is 9.75. The summed E-state index contributed by atoms with van der Waals surface area (Å²) in [6, 6.07) is 16.2. The van der Waals surface area contributed by atoms with Crippen molar-refractivity contribution in [1.29, 1.82) is 0 Å². The summed E-state index contributed by atoms with van der Waals surface area (Å²) < 4.78 is 5.17. The maximum absolute atomic E-state index is 12.5. The van der Waals surface area contributed by atoms with Gasteiger partial charge < -0.3 is 42.1 Å². The number of benzene rings is 2. The summed E-state index contributed by atoms with van der Waals surface area (Å²) in [6.45, 7) is 12.2. The van der Waals surface area contributed by atoms with Gasteiger partial charge in [-0.1, -0.05) is 127 Å². The van der Waals surface area contributed by atoms with E-state index in [4.69, 9.17) is 75.2 Å². The molecule has 5 aliphatic rings. The molecule has 22 nitrogen and oxygen atoms in total. The number of rotatable bonds is 13. The van der Waals surface area contributed by atoms with Gasteiger partial charge >= 0.3 is 6.03 Å². The molecule has 8 N–H and O–H groups in total. The van der Waals surface area contributed by atoms with Crippen molar-refractivity contribution in [2.24, 2.45) is 47.5 Å². The molecule has 5 fully saturated rings. The monoisotopic (exact) mass is 1600 g/mol. The minimum Gasteiger partial charge on any atom is -0.370 e. The van der Waals surface area contributed by atoms with Crippen LogP contribution in [0.5, 0.6) is 0 Å². The van der Waals surface area contributed by atoms with Crippen molar-refractivity contribution in [3.63, 3.8) is 0 Å². The molecular formula is C72H84Br2Cl5N17O5. The molecule has 11 heterocycles. The van der Waals surface area contributed by atoms with E-state index in [1.54, 1.807) is 52.3 Å². The Balaban J connectivity index is 0.000000158. The predicted molar refractivity (Wildman–Crippen MR) is 409 cm³/mol. The van der Waals surface area contributed by atoms with Crippen LogP contribution in [0.3, 0.4) is 0 Å². The van der Waals surface area contributed by atoms with E-state index in [9.17, 15) is 24.0 Å². The minimum atomic E-state index is -0.779. The summed E-state index contributed by atoms with van der Waals surface area (Å²) in [5.41, 5.74) is 26.0. The van der Waals surface area contributed by atoms with Crippen LogP contribution in [-0.2, 0) is 33.3 Å². The fourth-order valence-corrected chi connectivity index (χ4v) is 15.9. The number of anilines is 3. The van der Waals surface area contributed by atoms with Crippen LogP contribution in [0.15, 0.2) is 132 Å². The van der Waals surface area contributed by atoms with Crippen molar-refractivity contribution in [3.05, 3.63) is 157 Å². The molecule has 1 spiro atoms. The van der Waals surface area contributed by atoms with Gasteiger partial charge in [-0.05, 0) is 138 Å². The molecule has 6 aromatic heterocycles. The Morgan fingerprint density at radius 1 is 0.455 bits per heavy atom. The first-order valence-corrected chi connectivity index (χ1v) is 36.9. The number of urea groups is 1. The minimum absolute atomic E-state index is 0.124. The number of piperidine rings is 4. The number of halogens is 7. The summed E-state index contributed by atoms with van der Waals surface area (Å²) in [5, 5.41) is 16.9. The third kappa shape index (κ3) is 17.6. The SMILES string of the molecule is CCC1(C(N)=O)CCN(c2c(Cl)cncc2-c2ccc(-c3cnn(C)c3)cc2)CC1.CCC1(C(N)=O)CCN(c2c(Cl)cncc2Br)CC1.CCC1(C(N)=O)CCNCC1.CN1C(=O)NC(=O)C12CCN(c1c(Cl)cncc1-c1ccc(-c3cnn(C)c3)cc1)CC2.Clc1cncc(Br)c1Cl. The van der Waals surface area contributed by atoms with Crippen molar-refractivity contribution in [3.8, 4) is 44.5 Å². The number of hydrogen-bond donors (Lipinski definition) is 5. The molecule has 0 aliphatic carbocycles. The molecule has 0 atom stereocenters. The van der Waals surface area contributed by atoms with Gasteiger partial charge in [0.25, 0.3) is 5.91 Å². The molecular weight excluding hydrogens is 1520 g/mol. The van der Waals surface area contributed by atoms with Crippen LogP contribution in [0.25, 0.3) is 44.5 Å². The standard InChI is InChI=1S/C23H23ClN6O2.C23H26ClN5O.C13H17BrClN3O.C8H16N2O.C5H2BrCl2N/c1-28-14-17(11-26-28)15-3-5-16(6-4-15)18-12-25-13-19(24)20(18)30-9-7-23(8-10-30)21(31)27-22(32)29(23)2;1-3-23(22(25)30)8-10-29(11-9-23)21-19(13-26-14-20(21)24)17-6-4-16(5-7-17)18-12-27-28(2)15-18;1-2-13(12(16)19)3-5-18(6-4-13)11-9(14)7-17-8-10(11)15;1-2-8(7(9)11)3-5-10-6-4-8;6-3-1-9-2-4(7)5(3)8/h3-6,11-14H,7-10H2,1-2H3,(H,27,31,32);4-7,12-15H,3,8-11H2,1-2H3,(H2,25,30);7-8H,2-6H2,1H3,(H2,16,19);10H,2-6H2,1H3,(H2,9,11);1-2H. The van der Waals surface area contributed by atoms with Crippen LogP contribution in [0.2, 0.25) is 25.1 Å². The summed E-state index contributed by atoms with van der Waals surface area (Å²) in [5.74, 6) is -0.718. The fraction of sp³-hybridized carbons (Fsp3) is 0.403. The highest BCUT2D eigenvalue weighted by atomic mass is 79.9. The maximum atomic E-state index is 12.5.